The summed E-state index contributed by atoms with van der Waals surface area (Å²) in [5.41, 5.74) is 8.21. The maximum absolute atomic E-state index is 13.9. The molecule has 2 aromatic carbocycles. The number of amides is 2. The molecule has 0 bridgehead atoms. The van der Waals surface area contributed by atoms with Crippen LogP contribution in [-0.2, 0) is 16.4 Å². The number of carbonyl (C=O) groups is 2. The number of piperidine rings is 1. The van der Waals surface area contributed by atoms with E-state index in [9.17, 15) is 27.9 Å². The topological polar surface area (TPSA) is 134 Å². The number of rotatable bonds is 8. The molecule has 13 heteroatoms. The zero-order valence-electron chi connectivity index (χ0n) is 34.0. The number of alkyl halides is 3. The second-order valence-corrected chi connectivity index (χ2v) is 17.9. The van der Waals surface area contributed by atoms with Crippen molar-refractivity contribution in [1.82, 2.24) is 19.8 Å². The lowest BCUT2D eigenvalue weighted by molar-refractivity contribution is -0.138. The van der Waals surface area contributed by atoms with Gasteiger partial charge in [-0.25, -0.2) is 14.8 Å². The van der Waals surface area contributed by atoms with Gasteiger partial charge in [-0.15, -0.1) is 0 Å². The molecular formula is C43H59F3N6O4. The van der Waals surface area contributed by atoms with Crippen LogP contribution < -0.4 is 15.8 Å². The lowest BCUT2D eigenvalue weighted by Gasteiger charge is -2.46. The van der Waals surface area contributed by atoms with Gasteiger partial charge in [-0.2, -0.15) is 13.2 Å². The number of halogens is 3. The van der Waals surface area contributed by atoms with E-state index in [1.54, 1.807) is 27.0 Å². The maximum Gasteiger partial charge on any atom is 0.416 e. The summed E-state index contributed by atoms with van der Waals surface area (Å²) in [4.78, 5) is 38.4. The van der Waals surface area contributed by atoms with Crippen LogP contribution in [0, 0.1) is 24.2 Å². The minimum atomic E-state index is -4.53. The van der Waals surface area contributed by atoms with Gasteiger partial charge in [0.2, 0.25) is 5.91 Å². The van der Waals surface area contributed by atoms with E-state index in [0.29, 0.717) is 41.7 Å². The van der Waals surface area contributed by atoms with Crippen LogP contribution in [0.5, 0.6) is 5.75 Å². The van der Waals surface area contributed by atoms with Crippen molar-refractivity contribution >= 4 is 34.4 Å². The Hall–Kier alpha value is -4.29. The van der Waals surface area contributed by atoms with Gasteiger partial charge >= 0.3 is 12.3 Å². The van der Waals surface area contributed by atoms with Gasteiger partial charge in [-0.1, -0.05) is 20.8 Å². The minimum Gasteiger partial charge on any atom is -0.496 e. The molecule has 0 radical (unpaired) electrons. The predicted molar refractivity (Wildman–Crippen MR) is 213 cm³/mol. The normalized spacial score (nSPS) is 21.2. The summed E-state index contributed by atoms with van der Waals surface area (Å²) in [6.07, 6.45) is 3.99. The molecule has 2 amide bonds. The van der Waals surface area contributed by atoms with Crippen molar-refractivity contribution < 1.29 is 32.6 Å². The molecule has 1 saturated heterocycles. The summed E-state index contributed by atoms with van der Waals surface area (Å²) in [5, 5.41) is 13.6. The molecule has 6 rings (SSSR count). The third-order valence-corrected chi connectivity index (χ3v) is 12.9. The summed E-state index contributed by atoms with van der Waals surface area (Å²) in [6.45, 7) is 12.0. The highest BCUT2D eigenvalue weighted by molar-refractivity contribution is 5.96. The number of aromatic nitrogens is 2. The molecule has 10 nitrogen and oxygen atoms in total. The Morgan fingerprint density at radius 3 is 2.23 bits per heavy atom. The number of nitrogens with zero attached hydrogens (tertiary/aromatic N) is 4. The Morgan fingerprint density at radius 1 is 1.02 bits per heavy atom. The van der Waals surface area contributed by atoms with E-state index >= 15 is 0 Å². The van der Waals surface area contributed by atoms with Crippen LogP contribution in [0.4, 0.5) is 29.5 Å². The Morgan fingerprint density at radius 2 is 1.66 bits per heavy atom. The van der Waals surface area contributed by atoms with Crippen molar-refractivity contribution in [1.29, 1.82) is 0 Å². The van der Waals surface area contributed by atoms with Crippen LogP contribution in [0.15, 0.2) is 24.3 Å². The standard InChI is InChI=1S/C43H59F3N6O4/c1-25(30-20-31(43(44,45)46)22-32(47)21-30)48-38-36-33(49-26(2)50-38)23-34(56-7)35(37(36)41(3,4)5)28-8-10-29(11-9-28)39(53)51(6)24-27-12-14-42(15-13-27)16-18-52(19-17-42)40(54)55/h20-23,25,27-29H,8-19,24,47H2,1-7H3,(H,54,55)(H,48,49,50)/t25-,28?,29?/m1/s1. The largest absolute Gasteiger partial charge is 0.496 e. The number of aryl methyl sites for hydroxylation is 1. The number of fused-ring (bicyclic) bond motifs is 1. The van der Waals surface area contributed by atoms with Crippen molar-refractivity contribution in [3.05, 3.63) is 52.3 Å². The Labute approximate surface area is 328 Å². The minimum absolute atomic E-state index is 0.0359. The van der Waals surface area contributed by atoms with Gasteiger partial charge in [0.15, 0.2) is 0 Å². The first-order chi connectivity index (χ1) is 26.3. The number of methoxy groups -OCH3 is 1. The molecule has 4 N–H and O–H groups in total. The van der Waals surface area contributed by atoms with Crippen LogP contribution in [-0.4, -0.2) is 70.7 Å². The summed E-state index contributed by atoms with van der Waals surface area (Å²) >= 11 is 0. The number of ether oxygens (including phenoxy) is 1. The average Bonchev–Trinajstić information content (AvgIpc) is 3.14. The number of likely N-dealkylation sites (tertiary alicyclic amines) is 1. The van der Waals surface area contributed by atoms with Gasteiger partial charge < -0.3 is 30.7 Å². The molecule has 1 spiro atoms. The van der Waals surface area contributed by atoms with Gasteiger partial charge in [-0.05, 0) is 130 Å². The number of nitrogens with two attached hydrogens (primary N) is 1. The molecule has 306 valence electrons. The van der Waals surface area contributed by atoms with Crippen molar-refractivity contribution in [2.45, 2.75) is 122 Å². The summed E-state index contributed by atoms with van der Waals surface area (Å²) in [6, 6.07) is 5.01. The van der Waals surface area contributed by atoms with Gasteiger partial charge in [0.25, 0.3) is 0 Å². The second-order valence-electron chi connectivity index (χ2n) is 17.9. The number of carboxylic acid groups (broad SMARTS) is 1. The van der Waals surface area contributed by atoms with E-state index in [0.717, 1.165) is 105 Å². The SMILES string of the molecule is COc1cc2nc(C)nc(N[C@H](C)c3cc(N)cc(C(F)(F)F)c3)c2c(C(C)(C)C)c1C1CCC(C(=O)N(C)CC2CCC3(CC2)CCN(C(=O)O)CC3)CC1. The van der Waals surface area contributed by atoms with Crippen LogP contribution in [0.1, 0.15) is 132 Å². The van der Waals surface area contributed by atoms with Gasteiger partial charge in [0.05, 0.1) is 24.2 Å². The summed E-state index contributed by atoms with van der Waals surface area (Å²) in [7, 11) is 3.61. The van der Waals surface area contributed by atoms with E-state index in [2.05, 4.69) is 26.1 Å². The fourth-order valence-corrected chi connectivity index (χ4v) is 9.80. The number of nitrogen functional groups attached to an aromatic ring is 1. The molecule has 2 heterocycles. The van der Waals surface area contributed by atoms with E-state index in [1.165, 1.54) is 4.90 Å². The quantitative estimate of drug-likeness (QED) is 0.193. The van der Waals surface area contributed by atoms with Gasteiger partial charge in [-0.3, -0.25) is 4.79 Å². The van der Waals surface area contributed by atoms with E-state index in [1.807, 2.05) is 18.0 Å². The lowest BCUT2D eigenvalue weighted by Crippen LogP contribution is -2.45. The molecule has 1 aliphatic heterocycles. The van der Waals surface area contributed by atoms with Crippen LogP contribution in [0.3, 0.4) is 0 Å². The first-order valence-electron chi connectivity index (χ1n) is 20.2. The summed E-state index contributed by atoms with van der Waals surface area (Å²) < 4.78 is 47.2. The number of benzene rings is 2. The lowest BCUT2D eigenvalue weighted by atomic mass is 9.65. The molecule has 2 aliphatic carbocycles. The van der Waals surface area contributed by atoms with Crippen molar-refractivity contribution in [3.63, 3.8) is 0 Å². The zero-order chi connectivity index (χ0) is 40.7. The number of carbonyl (C=O) groups excluding carboxylic acids is 1. The summed E-state index contributed by atoms with van der Waals surface area (Å²) in [5.74, 6) is 2.52. The Kier molecular flexibility index (Phi) is 11.8. The first kappa shape index (κ1) is 41.3. The number of hydrogen-bond donors (Lipinski definition) is 3. The van der Waals surface area contributed by atoms with Crippen molar-refractivity contribution in [2.24, 2.45) is 17.3 Å². The third kappa shape index (κ3) is 8.81. The number of hydrogen-bond acceptors (Lipinski definition) is 7. The Bertz CT molecular complexity index is 1920. The highest BCUT2D eigenvalue weighted by Gasteiger charge is 2.40. The van der Waals surface area contributed by atoms with Crippen LogP contribution in [0.2, 0.25) is 0 Å². The molecule has 56 heavy (non-hydrogen) atoms. The van der Waals surface area contributed by atoms with Crippen LogP contribution >= 0.6 is 0 Å². The van der Waals surface area contributed by atoms with Gasteiger partial charge in [0, 0.05) is 55.3 Å². The zero-order valence-corrected chi connectivity index (χ0v) is 34.0. The molecule has 3 fully saturated rings. The van der Waals surface area contributed by atoms with E-state index in [-0.39, 0.29) is 34.3 Å². The van der Waals surface area contributed by atoms with E-state index < -0.39 is 23.9 Å². The predicted octanol–water partition coefficient (Wildman–Crippen LogP) is 9.70. The monoisotopic (exact) mass is 780 g/mol. The van der Waals surface area contributed by atoms with Gasteiger partial charge in [0.1, 0.15) is 17.4 Å². The fraction of sp³-hybridized carbons (Fsp3) is 0.628. The highest BCUT2D eigenvalue weighted by atomic mass is 19.4. The number of anilines is 2. The first-order valence-corrected chi connectivity index (χ1v) is 20.2. The second kappa shape index (κ2) is 15.9. The molecule has 0 unspecified atom stereocenters. The Balaban J connectivity index is 1.19. The average molecular weight is 781 g/mol. The molecule has 3 aromatic rings. The molecule has 3 aliphatic rings. The fourth-order valence-electron chi connectivity index (χ4n) is 9.80. The molecule has 1 atom stereocenters. The third-order valence-electron chi connectivity index (χ3n) is 12.9. The maximum atomic E-state index is 13.9. The molecular weight excluding hydrogens is 722 g/mol. The van der Waals surface area contributed by atoms with Crippen molar-refractivity contribution in [2.75, 3.05) is 44.8 Å². The van der Waals surface area contributed by atoms with Crippen molar-refractivity contribution in [3.8, 4) is 5.75 Å². The highest BCUT2D eigenvalue weighted by Crippen LogP contribution is 2.50. The van der Waals surface area contributed by atoms with Crippen LogP contribution in [0.25, 0.3) is 10.9 Å². The molecule has 2 saturated carbocycles. The smallest absolute Gasteiger partial charge is 0.416 e. The molecule has 1 aromatic heterocycles. The number of nitrogens with one attached hydrogen (secondary N) is 1. The van der Waals surface area contributed by atoms with E-state index in [4.69, 9.17) is 20.4 Å².